The van der Waals surface area contributed by atoms with Gasteiger partial charge in [-0.3, -0.25) is 0 Å². The van der Waals surface area contributed by atoms with Crippen LogP contribution >= 0.6 is 11.6 Å². The Hall–Kier alpha value is -1.64. The molecule has 0 radical (unpaired) electrons. The molecule has 0 saturated heterocycles. The summed E-state index contributed by atoms with van der Waals surface area (Å²) in [6, 6.07) is 4.39. The zero-order valence-electron chi connectivity index (χ0n) is 11.5. The average Bonchev–Trinajstić information content (AvgIpc) is 2.84. The molecular formula is C12H14ClN3O4S. The van der Waals surface area contributed by atoms with Crippen molar-refractivity contribution in [2.24, 2.45) is 0 Å². The highest BCUT2D eigenvalue weighted by Crippen LogP contribution is 2.26. The van der Waals surface area contributed by atoms with Gasteiger partial charge in [-0.25, -0.2) is 13.1 Å². The average molecular weight is 332 g/mol. The van der Waals surface area contributed by atoms with Crippen molar-refractivity contribution in [3.8, 4) is 5.75 Å². The Morgan fingerprint density at radius 1 is 1.38 bits per heavy atom. The van der Waals surface area contributed by atoms with E-state index in [1.54, 1.807) is 13.0 Å². The topological polar surface area (TPSA) is 94.3 Å². The largest absolute Gasteiger partial charge is 0.495 e. The highest BCUT2D eigenvalue weighted by Gasteiger charge is 2.19. The zero-order valence-corrected chi connectivity index (χ0v) is 13.0. The molecule has 0 saturated carbocycles. The molecule has 1 N–H and O–H groups in total. The number of hydrogen-bond donors (Lipinski definition) is 1. The van der Waals surface area contributed by atoms with Gasteiger partial charge in [-0.1, -0.05) is 11.6 Å². The van der Waals surface area contributed by atoms with Crippen LogP contribution in [0.5, 0.6) is 5.75 Å². The van der Waals surface area contributed by atoms with Crippen molar-refractivity contribution >= 4 is 21.6 Å². The van der Waals surface area contributed by atoms with E-state index in [2.05, 4.69) is 14.9 Å². The lowest BCUT2D eigenvalue weighted by Crippen LogP contribution is -2.26. The number of methoxy groups -OCH3 is 1. The molecule has 0 aliphatic carbocycles. The number of aromatic nitrogens is 2. The third-order valence-corrected chi connectivity index (χ3v) is 4.33. The summed E-state index contributed by atoms with van der Waals surface area (Å²) in [4.78, 5) is -0.0146. The summed E-state index contributed by atoms with van der Waals surface area (Å²) in [6.07, 6.45) is 0.295. The number of hydrogen-bond acceptors (Lipinski definition) is 6. The number of aryl methyl sites for hydroxylation is 1. The quantitative estimate of drug-likeness (QED) is 0.863. The van der Waals surface area contributed by atoms with E-state index >= 15 is 0 Å². The van der Waals surface area contributed by atoms with E-state index in [1.807, 2.05) is 0 Å². The summed E-state index contributed by atoms with van der Waals surface area (Å²) in [5.41, 5.74) is 0. The van der Waals surface area contributed by atoms with Gasteiger partial charge < -0.3 is 9.15 Å². The lowest BCUT2D eigenvalue weighted by atomic mass is 10.3. The third-order valence-electron chi connectivity index (χ3n) is 2.61. The van der Waals surface area contributed by atoms with Crippen LogP contribution in [-0.2, 0) is 16.4 Å². The van der Waals surface area contributed by atoms with E-state index < -0.39 is 10.0 Å². The molecule has 7 nitrogen and oxygen atoms in total. The van der Waals surface area contributed by atoms with E-state index in [9.17, 15) is 8.42 Å². The molecule has 1 aromatic carbocycles. The number of ether oxygens (including phenoxy) is 1. The third kappa shape index (κ3) is 3.93. The van der Waals surface area contributed by atoms with Crippen LogP contribution in [-0.4, -0.2) is 32.3 Å². The van der Waals surface area contributed by atoms with Crippen molar-refractivity contribution < 1.29 is 17.6 Å². The monoisotopic (exact) mass is 331 g/mol. The van der Waals surface area contributed by atoms with Crippen LogP contribution in [0.2, 0.25) is 5.02 Å². The van der Waals surface area contributed by atoms with Crippen molar-refractivity contribution in [3.63, 3.8) is 0 Å². The summed E-state index contributed by atoms with van der Waals surface area (Å²) in [7, 11) is -2.35. The van der Waals surface area contributed by atoms with Crippen LogP contribution in [0.3, 0.4) is 0 Å². The second-order valence-electron chi connectivity index (χ2n) is 4.16. The first kappa shape index (κ1) is 15.7. The van der Waals surface area contributed by atoms with E-state index in [1.165, 1.54) is 19.2 Å². The van der Waals surface area contributed by atoms with Crippen molar-refractivity contribution in [2.75, 3.05) is 13.7 Å². The zero-order chi connectivity index (χ0) is 15.5. The minimum Gasteiger partial charge on any atom is -0.495 e. The van der Waals surface area contributed by atoms with E-state index in [0.717, 1.165) is 0 Å². The SMILES string of the molecule is COc1ccc(Cl)cc1S(=O)(=O)NCCc1nnc(C)o1. The Morgan fingerprint density at radius 3 is 2.76 bits per heavy atom. The molecular weight excluding hydrogens is 318 g/mol. The predicted molar refractivity (Wildman–Crippen MR) is 75.9 cm³/mol. The first-order valence-corrected chi connectivity index (χ1v) is 7.90. The Labute approximate surface area is 127 Å². The van der Waals surface area contributed by atoms with Gasteiger partial charge in [0.1, 0.15) is 10.6 Å². The maximum atomic E-state index is 12.2. The highest BCUT2D eigenvalue weighted by atomic mass is 35.5. The molecule has 0 bridgehead atoms. The molecule has 0 unspecified atom stereocenters. The number of nitrogens with zero attached hydrogens (tertiary/aromatic N) is 2. The molecule has 114 valence electrons. The Morgan fingerprint density at radius 2 is 2.14 bits per heavy atom. The minimum atomic E-state index is -3.74. The van der Waals surface area contributed by atoms with Crippen LogP contribution in [0.1, 0.15) is 11.8 Å². The van der Waals surface area contributed by atoms with Gasteiger partial charge in [0.25, 0.3) is 0 Å². The summed E-state index contributed by atoms with van der Waals surface area (Å²) in [5.74, 6) is 1.03. The second-order valence-corrected chi connectivity index (χ2v) is 6.33. The molecule has 0 spiro atoms. The molecule has 21 heavy (non-hydrogen) atoms. The Balaban J connectivity index is 2.09. The van der Waals surface area contributed by atoms with E-state index in [4.69, 9.17) is 20.8 Å². The van der Waals surface area contributed by atoms with Crippen LogP contribution in [0.15, 0.2) is 27.5 Å². The Kier molecular flexibility index (Phi) is 4.81. The molecule has 9 heteroatoms. The fraction of sp³-hybridized carbons (Fsp3) is 0.333. The number of benzene rings is 1. The molecule has 1 heterocycles. The van der Waals surface area contributed by atoms with Gasteiger partial charge in [0.2, 0.25) is 21.8 Å². The number of halogens is 1. The smallest absolute Gasteiger partial charge is 0.244 e. The Bertz CT molecular complexity index is 730. The van der Waals surface area contributed by atoms with Crippen molar-refractivity contribution in [2.45, 2.75) is 18.2 Å². The summed E-state index contributed by atoms with van der Waals surface area (Å²) in [5, 5.41) is 7.77. The molecule has 0 aliphatic heterocycles. The van der Waals surface area contributed by atoms with E-state index in [0.29, 0.717) is 23.2 Å². The molecule has 1 aromatic heterocycles. The van der Waals surface area contributed by atoms with Gasteiger partial charge in [0.05, 0.1) is 7.11 Å². The lowest BCUT2D eigenvalue weighted by Gasteiger charge is -2.10. The van der Waals surface area contributed by atoms with Gasteiger partial charge in [-0.15, -0.1) is 10.2 Å². The number of sulfonamides is 1. The fourth-order valence-electron chi connectivity index (χ4n) is 1.67. The first-order valence-electron chi connectivity index (χ1n) is 6.04. The molecule has 0 atom stereocenters. The van der Waals surface area contributed by atoms with Gasteiger partial charge in [-0.05, 0) is 18.2 Å². The van der Waals surface area contributed by atoms with Crippen molar-refractivity contribution in [1.82, 2.24) is 14.9 Å². The molecule has 0 fully saturated rings. The van der Waals surface area contributed by atoms with Gasteiger partial charge >= 0.3 is 0 Å². The van der Waals surface area contributed by atoms with Crippen molar-refractivity contribution in [1.29, 1.82) is 0 Å². The number of nitrogens with one attached hydrogen (secondary N) is 1. The predicted octanol–water partition coefficient (Wildman–Crippen LogP) is 1.56. The molecule has 0 aliphatic rings. The summed E-state index contributed by atoms with van der Waals surface area (Å²) < 4.78 is 37.1. The maximum absolute atomic E-state index is 12.2. The normalized spacial score (nSPS) is 11.6. The first-order chi connectivity index (χ1) is 9.92. The van der Waals surface area contributed by atoms with Crippen LogP contribution < -0.4 is 9.46 Å². The fourth-order valence-corrected chi connectivity index (χ4v) is 3.13. The molecule has 0 amide bonds. The minimum absolute atomic E-state index is 0.0146. The highest BCUT2D eigenvalue weighted by molar-refractivity contribution is 7.89. The van der Waals surface area contributed by atoms with E-state index in [-0.39, 0.29) is 17.2 Å². The van der Waals surface area contributed by atoms with Crippen LogP contribution in [0.25, 0.3) is 0 Å². The maximum Gasteiger partial charge on any atom is 0.244 e. The second kappa shape index (κ2) is 6.42. The van der Waals surface area contributed by atoms with Gasteiger partial charge in [-0.2, -0.15) is 0 Å². The van der Waals surface area contributed by atoms with Crippen LogP contribution in [0.4, 0.5) is 0 Å². The standard InChI is InChI=1S/C12H14ClN3O4S/c1-8-15-16-12(20-8)5-6-14-21(17,18)11-7-9(13)3-4-10(11)19-2/h3-4,7,14H,5-6H2,1-2H3. The van der Waals surface area contributed by atoms with Gasteiger partial charge in [0, 0.05) is 24.9 Å². The molecule has 2 rings (SSSR count). The molecule has 2 aromatic rings. The van der Waals surface area contributed by atoms with Crippen molar-refractivity contribution in [3.05, 3.63) is 35.0 Å². The lowest BCUT2D eigenvalue weighted by molar-refractivity contribution is 0.402. The van der Waals surface area contributed by atoms with Crippen LogP contribution in [0, 0.1) is 6.92 Å². The van der Waals surface area contributed by atoms with Gasteiger partial charge in [0.15, 0.2) is 0 Å². The number of rotatable bonds is 6. The summed E-state index contributed by atoms with van der Waals surface area (Å²) in [6.45, 7) is 1.79. The summed E-state index contributed by atoms with van der Waals surface area (Å²) >= 11 is 5.83.